The monoisotopic (exact) mass is 428 g/mol. The zero-order chi connectivity index (χ0) is 21.9. The summed E-state index contributed by atoms with van der Waals surface area (Å²) in [6.45, 7) is 2.09. The van der Waals surface area contributed by atoms with Crippen molar-refractivity contribution in [1.82, 2.24) is 29.7 Å². The number of benzene rings is 2. The number of carbonyl (C=O) groups is 1. The van der Waals surface area contributed by atoms with Crippen LogP contribution in [0.2, 0.25) is 0 Å². The summed E-state index contributed by atoms with van der Waals surface area (Å²) in [5.74, 6) is 0.350. The van der Waals surface area contributed by atoms with Crippen molar-refractivity contribution in [2.45, 2.75) is 25.9 Å². The molecular formula is C24H24N6O2. The van der Waals surface area contributed by atoms with Crippen molar-refractivity contribution in [3.8, 4) is 11.3 Å². The van der Waals surface area contributed by atoms with Gasteiger partial charge in [-0.25, -0.2) is 9.36 Å². The third kappa shape index (κ3) is 4.16. The predicted molar refractivity (Wildman–Crippen MR) is 121 cm³/mol. The van der Waals surface area contributed by atoms with E-state index in [0.717, 1.165) is 35.1 Å². The molecule has 0 saturated carbocycles. The molecule has 5 rings (SSSR count). The van der Waals surface area contributed by atoms with Crippen molar-refractivity contribution in [2.24, 2.45) is 5.92 Å². The van der Waals surface area contributed by atoms with Crippen molar-refractivity contribution < 1.29 is 4.79 Å². The lowest BCUT2D eigenvalue weighted by atomic mass is 9.97. The SMILES string of the molecule is O=C(Cn1nnc2ccccc21)N1CCC(Cn2nc(-c3ccccc3)ccc2=O)CC1. The highest BCUT2D eigenvalue weighted by molar-refractivity contribution is 5.79. The van der Waals surface area contributed by atoms with Gasteiger partial charge in [0.25, 0.3) is 5.56 Å². The fourth-order valence-electron chi connectivity index (χ4n) is 4.21. The zero-order valence-corrected chi connectivity index (χ0v) is 17.7. The van der Waals surface area contributed by atoms with E-state index in [-0.39, 0.29) is 18.0 Å². The molecule has 0 radical (unpaired) electrons. The molecule has 32 heavy (non-hydrogen) atoms. The molecule has 2 aromatic heterocycles. The highest BCUT2D eigenvalue weighted by Crippen LogP contribution is 2.20. The minimum absolute atomic E-state index is 0.0421. The molecule has 162 valence electrons. The fraction of sp³-hybridized carbons (Fsp3) is 0.292. The fourth-order valence-corrected chi connectivity index (χ4v) is 4.21. The van der Waals surface area contributed by atoms with Gasteiger partial charge in [0.05, 0.1) is 11.2 Å². The Labute approximate surface area is 185 Å². The maximum Gasteiger partial charge on any atom is 0.266 e. The maximum absolute atomic E-state index is 12.8. The molecule has 8 heteroatoms. The third-order valence-electron chi connectivity index (χ3n) is 6.04. The topological polar surface area (TPSA) is 85.9 Å². The van der Waals surface area contributed by atoms with Gasteiger partial charge in [0, 0.05) is 31.3 Å². The second-order valence-electron chi connectivity index (χ2n) is 8.16. The van der Waals surface area contributed by atoms with E-state index in [1.807, 2.05) is 59.5 Å². The molecule has 1 aliphatic rings. The lowest BCUT2D eigenvalue weighted by Crippen LogP contribution is -2.41. The molecule has 3 heterocycles. The molecule has 1 fully saturated rings. The number of hydrogen-bond acceptors (Lipinski definition) is 5. The first-order valence-corrected chi connectivity index (χ1v) is 10.9. The van der Waals surface area contributed by atoms with E-state index in [1.165, 1.54) is 0 Å². The van der Waals surface area contributed by atoms with E-state index in [2.05, 4.69) is 15.4 Å². The summed E-state index contributed by atoms with van der Waals surface area (Å²) < 4.78 is 3.22. The Balaban J connectivity index is 1.21. The first kappa shape index (κ1) is 20.1. The predicted octanol–water partition coefficient (Wildman–Crippen LogP) is 2.59. The van der Waals surface area contributed by atoms with Gasteiger partial charge < -0.3 is 4.90 Å². The van der Waals surface area contributed by atoms with Crippen LogP contribution in [0.3, 0.4) is 0 Å². The van der Waals surface area contributed by atoms with Crippen LogP contribution in [0.4, 0.5) is 0 Å². The number of piperidine rings is 1. The number of amides is 1. The number of likely N-dealkylation sites (tertiary alicyclic amines) is 1. The molecule has 0 spiro atoms. The van der Waals surface area contributed by atoms with Gasteiger partial charge in [-0.2, -0.15) is 5.10 Å². The van der Waals surface area contributed by atoms with E-state index in [1.54, 1.807) is 21.5 Å². The van der Waals surface area contributed by atoms with E-state index in [0.29, 0.717) is 25.6 Å². The summed E-state index contributed by atoms with van der Waals surface area (Å²) in [4.78, 5) is 27.0. The van der Waals surface area contributed by atoms with Crippen molar-refractivity contribution in [2.75, 3.05) is 13.1 Å². The van der Waals surface area contributed by atoms with Crippen molar-refractivity contribution in [3.05, 3.63) is 77.1 Å². The quantitative estimate of drug-likeness (QED) is 0.488. The third-order valence-corrected chi connectivity index (χ3v) is 6.04. The second kappa shape index (κ2) is 8.74. The van der Waals surface area contributed by atoms with Gasteiger partial charge in [-0.05, 0) is 37.0 Å². The van der Waals surface area contributed by atoms with Crippen LogP contribution in [-0.2, 0) is 17.9 Å². The smallest absolute Gasteiger partial charge is 0.266 e. The molecule has 1 amide bonds. The number of fused-ring (bicyclic) bond motifs is 1. The number of aromatic nitrogens is 5. The van der Waals surface area contributed by atoms with Gasteiger partial charge in [-0.1, -0.05) is 47.7 Å². The molecule has 0 N–H and O–H groups in total. The summed E-state index contributed by atoms with van der Waals surface area (Å²) in [5.41, 5.74) is 3.33. The van der Waals surface area contributed by atoms with Crippen LogP contribution in [0.1, 0.15) is 12.8 Å². The Hall–Kier alpha value is -3.81. The Morgan fingerprint density at radius 3 is 2.47 bits per heavy atom. The summed E-state index contributed by atoms with van der Waals surface area (Å²) in [5, 5.41) is 12.8. The second-order valence-corrected chi connectivity index (χ2v) is 8.16. The molecule has 0 bridgehead atoms. The summed E-state index contributed by atoms with van der Waals surface area (Å²) in [6.07, 6.45) is 1.68. The molecule has 1 aliphatic heterocycles. The van der Waals surface area contributed by atoms with Crippen LogP contribution in [0.15, 0.2) is 71.5 Å². The number of hydrogen-bond donors (Lipinski definition) is 0. The highest BCUT2D eigenvalue weighted by atomic mass is 16.2. The zero-order valence-electron chi connectivity index (χ0n) is 17.7. The molecule has 4 aromatic rings. The molecule has 0 atom stereocenters. The summed E-state index contributed by atoms with van der Waals surface area (Å²) >= 11 is 0. The van der Waals surface area contributed by atoms with Gasteiger partial charge >= 0.3 is 0 Å². The molecular weight excluding hydrogens is 404 g/mol. The minimum Gasteiger partial charge on any atom is -0.341 e. The Morgan fingerprint density at radius 2 is 1.66 bits per heavy atom. The first-order chi connectivity index (χ1) is 15.7. The van der Waals surface area contributed by atoms with Crippen molar-refractivity contribution >= 4 is 16.9 Å². The van der Waals surface area contributed by atoms with E-state index >= 15 is 0 Å². The number of nitrogens with zero attached hydrogens (tertiary/aromatic N) is 6. The van der Waals surface area contributed by atoms with E-state index < -0.39 is 0 Å². The van der Waals surface area contributed by atoms with Crippen LogP contribution in [0.25, 0.3) is 22.3 Å². The molecule has 2 aromatic carbocycles. The number of carbonyl (C=O) groups excluding carboxylic acids is 1. The standard InChI is InChI=1S/C24H24N6O2/c31-23-11-10-20(19-6-2-1-3-7-19)26-30(23)16-18-12-14-28(15-13-18)24(32)17-29-22-9-5-4-8-21(22)25-27-29/h1-11,18H,12-17H2. The van der Waals surface area contributed by atoms with Crippen LogP contribution in [0.5, 0.6) is 0 Å². The first-order valence-electron chi connectivity index (χ1n) is 10.9. The van der Waals surface area contributed by atoms with Gasteiger partial charge in [-0.15, -0.1) is 5.10 Å². The lowest BCUT2D eigenvalue weighted by Gasteiger charge is -2.32. The molecule has 8 nitrogen and oxygen atoms in total. The largest absolute Gasteiger partial charge is 0.341 e. The molecule has 0 unspecified atom stereocenters. The van der Waals surface area contributed by atoms with Gasteiger partial charge in [0.15, 0.2) is 0 Å². The Kier molecular flexibility index (Phi) is 5.49. The van der Waals surface area contributed by atoms with E-state index in [9.17, 15) is 9.59 Å². The summed E-state index contributed by atoms with van der Waals surface area (Å²) in [6, 6.07) is 20.8. The Bertz CT molecular complexity index is 1290. The highest BCUT2D eigenvalue weighted by Gasteiger charge is 2.24. The van der Waals surface area contributed by atoms with Gasteiger partial charge in [-0.3, -0.25) is 9.59 Å². The van der Waals surface area contributed by atoms with Crippen LogP contribution >= 0.6 is 0 Å². The average molecular weight is 428 g/mol. The van der Waals surface area contributed by atoms with Crippen molar-refractivity contribution in [1.29, 1.82) is 0 Å². The maximum atomic E-state index is 12.8. The van der Waals surface area contributed by atoms with Crippen LogP contribution in [-0.4, -0.2) is 48.7 Å². The number of para-hydroxylation sites is 1. The van der Waals surface area contributed by atoms with Gasteiger partial charge in [0.1, 0.15) is 12.1 Å². The van der Waals surface area contributed by atoms with Crippen LogP contribution in [0, 0.1) is 5.92 Å². The van der Waals surface area contributed by atoms with E-state index in [4.69, 9.17) is 0 Å². The Morgan fingerprint density at radius 1 is 0.906 bits per heavy atom. The van der Waals surface area contributed by atoms with Crippen molar-refractivity contribution in [3.63, 3.8) is 0 Å². The van der Waals surface area contributed by atoms with Gasteiger partial charge in [0.2, 0.25) is 5.91 Å². The lowest BCUT2D eigenvalue weighted by molar-refractivity contribution is -0.133. The molecule has 0 aliphatic carbocycles. The number of rotatable bonds is 5. The normalized spacial score (nSPS) is 14.7. The molecule has 1 saturated heterocycles. The average Bonchev–Trinajstić information content (AvgIpc) is 3.24. The summed E-state index contributed by atoms with van der Waals surface area (Å²) in [7, 11) is 0. The minimum atomic E-state index is -0.0961. The van der Waals surface area contributed by atoms with Crippen LogP contribution < -0.4 is 5.56 Å².